The minimum Gasteiger partial charge on any atom is -0.381 e. The Balaban J connectivity index is 1.76. The van der Waals surface area contributed by atoms with E-state index in [4.69, 9.17) is 10.5 Å². The molecule has 0 aromatic carbocycles. The van der Waals surface area contributed by atoms with Crippen LogP contribution in [0.5, 0.6) is 0 Å². The summed E-state index contributed by atoms with van der Waals surface area (Å²) in [6, 6.07) is 0.0743. The van der Waals surface area contributed by atoms with E-state index < -0.39 is 10.8 Å². The summed E-state index contributed by atoms with van der Waals surface area (Å²) in [7, 11) is -0.713. The summed E-state index contributed by atoms with van der Waals surface area (Å²) < 4.78 is 17.5. The van der Waals surface area contributed by atoms with Crippen LogP contribution in [0.15, 0.2) is 0 Å². The Hall–Kier alpha value is 0.0700. The van der Waals surface area contributed by atoms with Crippen molar-refractivity contribution in [2.45, 2.75) is 49.8 Å². The zero-order chi connectivity index (χ0) is 11.4. The van der Waals surface area contributed by atoms with Gasteiger partial charge in [-0.1, -0.05) is 19.3 Å². The maximum Gasteiger partial charge on any atom is 0.0510 e. The van der Waals surface area contributed by atoms with E-state index in [0.29, 0.717) is 16.9 Å². The quantitative estimate of drug-likeness (QED) is 0.815. The Labute approximate surface area is 101 Å². The molecule has 94 valence electrons. The van der Waals surface area contributed by atoms with Crippen molar-refractivity contribution in [2.75, 3.05) is 19.0 Å². The molecule has 3 nitrogen and oxygen atoms in total. The van der Waals surface area contributed by atoms with E-state index in [1.807, 2.05) is 0 Å². The molecule has 0 aromatic rings. The number of hydrogen-bond acceptors (Lipinski definition) is 3. The van der Waals surface area contributed by atoms with E-state index in [0.717, 1.165) is 32.5 Å². The monoisotopic (exact) mass is 245 g/mol. The lowest BCUT2D eigenvalue weighted by atomic mass is 10.0. The van der Waals surface area contributed by atoms with Gasteiger partial charge < -0.3 is 10.5 Å². The van der Waals surface area contributed by atoms with Gasteiger partial charge >= 0.3 is 0 Å². The van der Waals surface area contributed by atoms with Crippen LogP contribution in [-0.4, -0.2) is 34.5 Å². The number of ether oxygens (including phenoxy) is 1. The summed E-state index contributed by atoms with van der Waals surface area (Å²) in [6.07, 6.45) is 7.14. The molecule has 2 fully saturated rings. The van der Waals surface area contributed by atoms with Crippen molar-refractivity contribution in [3.05, 3.63) is 0 Å². The highest BCUT2D eigenvalue weighted by Gasteiger charge is 2.27. The SMILES string of the molecule is NC(CS(=O)C1CCCCC1)C1CCOC1. The van der Waals surface area contributed by atoms with Gasteiger partial charge in [0.2, 0.25) is 0 Å². The Morgan fingerprint density at radius 1 is 1.25 bits per heavy atom. The summed E-state index contributed by atoms with van der Waals surface area (Å²) in [5, 5.41) is 0.419. The van der Waals surface area contributed by atoms with Crippen LogP contribution in [0.1, 0.15) is 38.5 Å². The molecule has 0 bridgehead atoms. The van der Waals surface area contributed by atoms with Gasteiger partial charge in [0, 0.05) is 40.4 Å². The van der Waals surface area contributed by atoms with Crippen LogP contribution in [0.2, 0.25) is 0 Å². The molecule has 4 heteroatoms. The third-order valence-electron chi connectivity index (χ3n) is 3.85. The van der Waals surface area contributed by atoms with Gasteiger partial charge in [-0.3, -0.25) is 4.21 Å². The van der Waals surface area contributed by atoms with Crippen LogP contribution in [0.25, 0.3) is 0 Å². The third-order valence-corrected chi connectivity index (χ3v) is 5.78. The number of hydrogen-bond donors (Lipinski definition) is 1. The Bertz CT molecular complexity index is 235. The standard InChI is InChI=1S/C12H23NO2S/c13-12(10-6-7-15-8-10)9-16(14)11-4-2-1-3-5-11/h10-12H,1-9,13H2. The Morgan fingerprint density at radius 3 is 2.62 bits per heavy atom. The maximum absolute atomic E-state index is 12.2. The molecule has 1 aliphatic carbocycles. The fourth-order valence-corrected chi connectivity index (χ4v) is 4.46. The molecule has 1 aliphatic heterocycles. The second-order valence-electron chi connectivity index (χ2n) is 5.09. The van der Waals surface area contributed by atoms with E-state index in [9.17, 15) is 4.21 Å². The third kappa shape index (κ3) is 3.28. The molecule has 2 N–H and O–H groups in total. The zero-order valence-electron chi connectivity index (χ0n) is 9.90. The zero-order valence-corrected chi connectivity index (χ0v) is 10.7. The van der Waals surface area contributed by atoms with E-state index >= 15 is 0 Å². The van der Waals surface area contributed by atoms with E-state index in [2.05, 4.69) is 0 Å². The van der Waals surface area contributed by atoms with Crippen LogP contribution < -0.4 is 5.73 Å². The van der Waals surface area contributed by atoms with Crippen LogP contribution in [0.4, 0.5) is 0 Å². The average Bonchev–Trinajstić information content (AvgIpc) is 2.83. The Morgan fingerprint density at radius 2 is 2.00 bits per heavy atom. The van der Waals surface area contributed by atoms with Crippen molar-refractivity contribution < 1.29 is 8.95 Å². The summed E-state index contributed by atoms with van der Waals surface area (Å²) in [6.45, 7) is 1.59. The highest BCUT2D eigenvalue weighted by Crippen LogP contribution is 2.24. The van der Waals surface area contributed by atoms with Crippen molar-refractivity contribution in [2.24, 2.45) is 11.7 Å². The van der Waals surface area contributed by atoms with E-state index in [-0.39, 0.29) is 6.04 Å². The first-order valence-corrected chi connectivity index (χ1v) is 7.86. The van der Waals surface area contributed by atoms with Gasteiger partial charge in [-0.15, -0.1) is 0 Å². The molecular weight excluding hydrogens is 222 g/mol. The first kappa shape index (κ1) is 12.5. The van der Waals surface area contributed by atoms with Crippen LogP contribution >= 0.6 is 0 Å². The molecule has 1 heterocycles. The molecule has 0 radical (unpaired) electrons. The smallest absolute Gasteiger partial charge is 0.0510 e. The topological polar surface area (TPSA) is 52.3 Å². The van der Waals surface area contributed by atoms with E-state index in [1.54, 1.807) is 0 Å². The highest BCUT2D eigenvalue weighted by molar-refractivity contribution is 7.85. The first-order chi connectivity index (χ1) is 7.77. The number of rotatable bonds is 4. The molecule has 2 rings (SSSR count). The molecule has 1 saturated carbocycles. The van der Waals surface area contributed by atoms with Gasteiger partial charge in [0.25, 0.3) is 0 Å². The number of nitrogens with two attached hydrogens (primary N) is 1. The van der Waals surface area contributed by atoms with Gasteiger partial charge in [-0.25, -0.2) is 0 Å². The van der Waals surface area contributed by atoms with Crippen molar-refractivity contribution in [1.29, 1.82) is 0 Å². The first-order valence-electron chi connectivity index (χ1n) is 6.48. The fraction of sp³-hybridized carbons (Fsp3) is 1.00. The average molecular weight is 245 g/mol. The second kappa shape index (κ2) is 6.12. The maximum atomic E-state index is 12.2. The van der Waals surface area contributed by atoms with E-state index in [1.165, 1.54) is 19.3 Å². The van der Waals surface area contributed by atoms with Crippen LogP contribution in [0.3, 0.4) is 0 Å². The van der Waals surface area contributed by atoms with Gasteiger partial charge in [-0.2, -0.15) is 0 Å². The fourth-order valence-electron chi connectivity index (χ4n) is 2.68. The van der Waals surface area contributed by atoms with Gasteiger partial charge in [-0.05, 0) is 19.3 Å². The molecule has 3 atom stereocenters. The van der Waals surface area contributed by atoms with Crippen molar-refractivity contribution >= 4 is 10.8 Å². The lowest BCUT2D eigenvalue weighted by Gasteiger charge is -2.24. The molecule has 0 amide bonds. The molecule has 0 aromatic heterocycles. The van der Waals surface area contributed by atoms with Crippen molar-refractivity contribution in [3.8, 4) is 0 Å². The molecule has 0 spiro atoms. The summed E-state index contributed by atoms with van der Waals surface area (Å²) in [5.74, 6) is 1.12. The van der Waals surface area contributed by atoms with Gasteiger partial charge in [0.05, 0.1) is 6.61 Å². The van der Waals surface area contributed by atoms with Crippen molar-refractivity contribution in [3.63, 3.8) is 0 Å². The second-order valence-corrected chi connectivity index (χ2v) is 6.86. The summed E-state index contributed by atoms with van der Waals surface area (Å²) in [5.41, 5.74) is 6.11. The largest absolute Gasteiger partial charge is 0.381 e. The highest BCUT2D eigenvalue weighted by atomic mass is 32.2. The Kier molecular flexibility index (Phi) is 4.79. The predicted molar refractivity (Wildman–Crippen MR) is 66.8 cm³/mol. The van der Waals surface area contributed by atoms with Crippen molar-refractivity contribution in [1.82, 2.24) is 0 Å². The molecule has 16 heavy (non-hydrogen) atoms. The molecule has 1 saturated heterocycles. The normalized spacial score (nSPS) is 31.4. The van der Waals surface area contributed by atoms with Crippen LogP contribution in [-0.2, 0) is 15.5 Å². The summed E-state index contributed by atoms with van der Waals surface area (Å²) in [4.78, 5) is 0. The lowest BCUT2D eigenvalue weighted by Crippen LogP contribution is -2.38. The minimum absolute atomic E-state index is 0.0743. The van der Waals surface area contributed by atoms with Crippen LogP contribution in [0, 0.1) is 5.92 Å². The minimum atomic E-state index is -0.713. The predicted octanol–water partition coefficient (Wildman–Crippen LogP) is 1.43. The molecule has 3 unspecified atom stereocenters. The molecule has 2 aliphatic rings. The molecular formula is C12H23NO2S. The van der Waals surface area contributed by atoms with Gasteiger partial charge in [0.15, 0.2) is 0 Å². The van der Waals surface area contributed by atoms with Gasteiger partial charge in [0.1, 0.15) is 0 Å². The lowest BCUT2D eigenvalue weighted by molar-refractivity contribution is 0.182. The summed E-state index contributed by atoms with van der Waals surface area (Å²) >= 11 is 0.